The first-order valence-electron chi connectivity index (χ1n) is 5.23. The highest BCUT2D eigenvalue weighted by molar-refractivity contribution is 5.38. The summed E-state index contributed by atoms with van der Waals surface area (Å²) in [6.07, 6.45) is 3.39. The molecular weight excluding hydrogens is 213 g/mol. The second kappa shape index (κ2) is 4.47. The molecule has 0 bridgehead atoms. The molecule has 1 saturated carbocycles. The van der Waals surface area contributed by atoms with Crippen LogP contribution in [0.5, 0.6) is 5.75 Å². The second-order valence-electron chi connectivity index (χ2n) is 3.98. The van der Waals surface area contributed by atoms with E-state index >= 15 is 0 Å². The average Bonchev–Trinajstić information content (AvgIpc) is 3.01. The van der Waals surface area contributed by atoms with E-state index in [9.17, 15) is 14.5 Å². The van der Waals surface area contributed by atoms with Crippen molar-refractivity contribution in [2.75, 3.05) is 6.61 Å². The van der Waals surface area contributed by atoms with Crippen LogP contribution in [0.1, 0.15) is 19.3 Å². The maximum Gasteiger partial charge on any atom is 0.276 e. The summed E-state index contributed by atoms with van der Waals surface area (Å²) in [6.45, 7) is 0.491. The van der Waals surface area contributed by atoms with Gasteiger partial charge in [-0.3, -0.25) is 10.1 Å². The van der Waals surface area contributed by atoms with Crippen LogP contribution in [0.3, 0.4) is 0 Å². The van der Waals surface area contributed by atoms with Gasteiger partial charge in [-0.25, -0.2) is 4.39 Å². The molecule has 0 saturated heterocycles. The monoisotopic (exact) mass is 225 g/mol. The summed E-state index contributed by atoms with van der Waals surface area (Å²) in [5.41, 5.74) is -0.276. The fourth-order valence-corrected chi connectivity index (χ4v) is 1.49. The van der Waals surface area contributed by atoms with Crippen LogP contribution in [0, 0.1) is 21.8 Å². The van der Waals surface area contributed by atoms with Gasteiger partial charge in [-0.2, -0.15) is 0 Å². The normalized spacial score (nSPS) is 14.8. The molecule has 0 unspecified atom stereocenters. The molecule has 0 radical (unpaired) electrons. The number of nitrogens with zero attached hydrogens (tertiary/aromatic N) is 1. The van der Waals surface area contributed by atoms with E-state index in [2.05, 4.69) is 0 Å². The van der Waals surface area contributed by atoms with Gasteiger partial charge in [0.15, 0.2) is 0 Å². The fourth-order valence-electron chi connectivity index (χ4n) is 1.49. The number of hydrogen-bond acceptors (Lipinski definition) is 3. The van der Waals surface area contributed by atoms with Gasteiger partial charge in [0.05, 0.1) is 23.7 Å². The standard InChI is InChI=1S/C11H12FNO3/c12-9-5-10(13(14)15)7-11(6-9)16-4-3-8-1-2-8/h5-8H,1-4H2. The molecule has 0 heterocycles. The van der Waals surface area contributed by atoms with Crippen molar-refractivity contribution in [3.8, 4) is 5.75 Å². The summed E-state index contributed by atoms with van der Waals surface area (Å²) in [5.74, 6) is 0.312. The maximum absolute atomic E-state index is 13.0. The minimum Gasteiger partial charge on any atom is -0.493 e. The third-order valence-electron chi connectivity index (χ3n) is 2.56. The summed E-state index contributed by atoms with van der Waals surface area (Å²) >= 11 is 0. The highest BCUT2D eigenvalue weighted by Gasteiger charge is 2.21. The second-order valence-corrected chi connectivity index (χ2v) is 3.98. The zero-order valence-electron chi connectivity index (χ0n) is 8.69. The molecule has 0 atom stereocenters. The van der Waals surface area contributed by atoms with Crippen molar-refractivity contribution in [1.82, 2.24) is 0 Å². The summed E-state index contributed by atoms with van der Waals surface area (Å²) in [7, 11) is 0. The predicted molar refractivity (Wildman–Crippen MR) is 55.9 cm³/mol. The van der Waals surface area contributed by atoms with E-state index in [1.165, 1.54) is 25.0 Å². The van der Waals surface area contributed by atoms with Crippen LogP contribution in [-0.2, 0) is 0 Å². The zero-order valence-corrected chi connectivity index (χ0v) is 8.69. The molecule has 4 nitrogen and oxygen atoms in total. The maximum atomic E-state index is 13.0. The minimum atomic E-state index is -0.643. The first-order valence-corrected chi connectivity index (χ1v) is 5.23. The van der Waals surface area contributed by atoms with Crippen molar-refractivity contribution in [1.29, 1.82) is 0 Å². The van der Waals surface area contributed by atoms with E-state index in [0.717, 1.165) is 18.4 Å². The Balaban J connectivity index is 1.98. The molecule has 0 N–H and O–H groups in total. The molecule has 0 amide bonds. The first kappa shape index (κ1) is 10.9. The third kappa shape index (κ3) is 2.92. The van der Waals surface area contributed by atoms with Crippen molar-refractivity contribution < 1.29 is 14.1 Å². The number of ether oxygens (including phenoxy) is 1. The molecule has 0 aliphatic heterocycles. The lowest BCUT2D eigenvalue weighted by Gasteiger charge is -2.05. The number of benzene rings is 1. The van der Waals surface area contributed by atoms with Gasteiger partial charge in [0, 0.05) is 6.07 Å². The lowest BCUT2D eigenvalue weighted by Crippen LogP contribution is -1.99. The van der Waals surface area contributed by atoms with Gasteiger partial charge in [0.1, 0.15) is 11.6 Å². The van der Waals surface area contributed by atoms with E-state index in [4.69, 9.17) is 4.74 Å². The Hall–Kier alpha value is -1.65. The molecule has 1 aliphatic carbocycles. The Morgan fingerprint density at radius 1 is 1.44 bits per heavy atom. The van der Waals surface area contributed by atoms with Crippen molar-refractivity contribution in [2.24, 2.45) is 5.92 Å². The van der Waals surface area contributed by atoms with Gasteiger partial charge in [-0.1, -0.05) is 12.8 Å². The van der Waals surface area contributed by atoms with Gasteiger partial charge < -0.3 is 4.74 Å². The number of hydrogen-bond donors (Lipinski definition) is 0. The molecule has 86 valence electrons. The van der Waals surface area contributed by atoms with E-state index < -0.39 is 10.7 Å². The molecule has 1 aromatic rings. The van der Waals surface area contributed by atoms with E-state index in [1.54, 1.807) is 0 Å². The highest BCUT2D eigenvalue weighted by atomic mass is 19.1. The van der Waals surface area contributed by atoms with Crippen molar-refractivity contribution in [3.63, 3.8) is 0 Å². The number of non-ortho nitro benzene ring substituents is 1. The molecular formula is C11H12FNO3. The van der Waals surface area contributed by atoms with Crippen LogP contribution in [0.25, 0.3) is 0 Å². The van der Waals surface area contributed by atoms with Gasteiger partial charge >= 0.3 is 0 Å². The number of rotatable bonds is 5. The Bertz CT molecular complexity index is 404. The van der Waals surface area contributed by atoms with Crippen LogP contribution < -0.4 is 4.74 Å². The van der Waals surface area contributed by atoms with Crippen molar-refractivity contribution in [2.45, 2.75) is 19.3 Å². The van der Waals surface area contributed by atoms with Gasteiger partial charge in [-0.05, 0) is 12.3 Å². The molecule has 16 heavy (non-hydrogen) atoms. The largest absolute Gasteiger partial charge is 0.493 e. The van der Waals surface area contributed by atoms with Gasteiger partial charge in [0.2, 0.25) is 0 Å². The molecule has 0 spiro atoms. The Morgan fingerprint density at radius 2 is 2.19 bits per heavy atom. The number of nitro groups is 1. The smallest absolute Gasteiger partial charge is 0.276 e. The van der Waals surface area contributed by atoms with Crippen molar-refractivity contribution >= 4 is 5.69 Å². The van der Waals surface area contributed by atoms with Gasteiger partial charge in [0.25, 0.3) is 5.69 Å². The Kier molecular flexibility index (Phi) is 3.03. The lowest BCUT2D eigenvalue weighted by atomic mass is 10.3. The van der Waals surface area contributed by atoms with E-state index in [-0.39, 0.29) is 11.4 Å². The van der Waals surface area contributed by atoms with Crippen LogP contribution in [0.2, 0.25) is 0 Å². The molecule has 1 aromatic carbocycles. The predicted octanol–water partition coefficient (Wildman–Crippen LogP) is 2.91. The van der Waals surface area contributed by atoms with Crippen LogP contribution in [0.15, 0.2) is 18.2 Å². The Labute approximate surface area is 92.2 Å². The summed E-state index contributed by atoms with van der Waals surface area (Å²) in [4.78, 5) is 9.85. The zero-order chi connectivity index (χ0) is 11.5. The molecule has 5 heteroatoms. The third-order valence-corrected chi connectivity index (χ3v) is 2.56. The molecule has 2 rings (SSSR count). The van der Waals surface area contributed by atoms with Gasteiger partial charge in [-0.15, -0.1) is 0 Å². The fraction of sp³-hybridized carbons (Fsp3) is 0.455. The van der Waals surface area contributed by atoms with Crippen LogP contribution >= 0.6 is 0 Å². The topological polar surface area (TPSA) is 52.4 Å². The first-order chi connectivity index (χ1) is 7.65. The van der Waals surface area contributed by atoms with Crippen LogP contribution in [-0.4, -0.2) is 11.5 Å². The quantitative estimate of drug-likeness (QED) is 0.571. The van der Waals surface area contributed by atoms with Crippen LogP contribution in [0.4, 0.5) is 10.1 Å². The highest BCUT2D eigenvalue weighted by Crippen LogP contribution is 2.32. The summed E-state index contributed by atoms with van der Waals surface area (Å²) < 4.78 is 18.3. The molecule has 1 aliphatic rings. The SMILES string of the molecule is O=[N+]([O-])c1cc(F)cc(OCCC2CC2)c1. The minimum absolute atomic E-state index is 0.229. The van der Waals surface area contributed by atoms with Crippen molar-refractivity contribution in [3.05, 3.63) is 34.1 Å². The molecule has 1 fully saturated rings. The number of halogens is 1. The summed E-state index contributed by atoms with van der Waals surface area (Å²) in [5, 5.41) is 10.5. The summed E-state index contributed by atoms with van der Waals surface area (Å²) in [6, 6.07) is 3.30. The lowest BCUT2D eigenvalue weighted by molar-refractivity contribution is -0.385. The van der Waals surface area contributed by atoms with E-state index in [1.807, 2.05) is 0 Å². The Morgan fingerprint density at radius 3 is 2.81 bits per heavy atom. The number of nitro benzene ring substituents is 1. The average molecular weight is 225 g/mol. The van der Waals surface area contributed by atoms with E-state index in [0.29, 0.717) is 6.61 Å². The molecule has 0 aromatic heterocycles.